The largest absolute Gasteiger partial charge is 0.381 e. The monoisotopic (exact) mass is 498 g/mol. The number of nitriles is 1. The molecule has 0 aromatic carbocycles. The second-order valence-corrected chi connectivity index (χ2v) is 10.5. The number of carbonyl (C=O) groups is 1. The quantitative estimate of drug-likeness (QED) is 0.541. The maximum absolute atomic E-state index is 13.3. The topological polar surface area (TPSA) is 71.2 Å². The van der Waals surface area contributed by atoms with Crippen molar-refractivity contribution in [1.29, 1.82) is 5.26 Å². The smallest absolute Gasteiger partial charge is 0.256 e. The molecule has 4 heterocycles. The lowest BCUT2D eigenvalue weighted by Gasteiger charge is -2.39. The summed E-state index contributed by atoms with van der Waals surface area (Å²) in [7, 11) is 1.99. The van der Waals surface area contributed by atoms with E-state index < -0.39 is 0 Å². The molecule has 2 saturated heterocycles. The Morgan fingerprint density at radius 3 is 2.65 bits per heavy atom. The third kappa shape index (κ3) is 4.15. The molecule has 8 heteroatoms. The number of likely N-dealkylation sites (tertiary alicyclic amines) is 1. The van der Waals surface area contributed by atoms with Crippen molar-refractivity contribution in [2.45, 2.75) is 38.5 Å². The number of pyridine rings is 1. The summed E-state index contributed by atoms with van der Waals surface area (Å²) >= 11 is 13.3. The number of halogens is 2. The number of nitrogens with zero attached hydrogens (tertiary/aromatic N) is 4. The molecule has 0 radical (unpaired) electrons. The Kier molecular flexibility index (Phi) is 6.45. The van der Waals surface area contributed by atoms with E-state index in [1.165, 1.54) is 11.8 Å². The fourth-order valence-corrected chi connectivity index (χ4v) is 5.99. The van der Waals surface area contributed by atoms with Crippen LogP contribution < -0.4 is 0 Å². The molecule has 178 valence electrons. The van der Waals surface area contributed by atoms with Gasteiger partial charge in [-0.3, -0.25) is 4.79 Å². The number of carbonyl (C=O) groups excluding carboxylic acids is 1. The molecule has 0 spiro atoms. The van der Waals surface area contributed by atoms with Gasteiger partial charge < -0.3 is 14.2 Å². The molecule has 34 heavy (non-hydrogen) atoms. The Hall–Kier alpha value is -2.33. The van der Waals surface area contributed by atoms with Crippen molar-refractivity contribution in [2.75, 3.05) is 26.3 Å². The van der Waals surface area contributed by atoms with Gasteiger partial charge in [0.25, 0.3) is 5.91 Å². The zero-order valence-electron chi connectivity index (χ0n) is 19.5. The molecular weight excluding hydrogens is 471 g/mol. The van der Waals surface area contributed by atoms with Crippen molar-refractivity contribution in [2.24, 2.45) is 18.9 Å². The average Bonchev–Trinajstić information content (AvgIpc) is 3.11. The number of rotatable bonds is 4. The molecule has 0 saturated carbocycles. The first-order chi connectivity index (χ1) is 16.4. The van der Waals surface area contributed by atoms with Gasteiger partial charge in [-0.05, 0) is 48.8 Å². The number of allylic oxidation sites excluding steroid dienone is 1. The lowest BCUT2D eigenvalue weighted by molar-refractivity contribution is -0.0707. The van der Waals surface area contributed by atoms with Gasteiger partial charge in [0.2, 0.25) is 0 Å². The summed E-state index contributed by atoms with van der Waals surface area (Å²) in [5.41, 5.74) is 5.12. The van der Waals surface area contributed by atoms with Crippen LogP contribution in [0, 0.1) is 23.2 Å². The third-order valence-corrected chi connectivity index (χ3v) is 8.48. The van der Waals surface area contributed by atoms with Crippen LogP contribution in [-0.2, 0) is 18.2 Å². The highest BCUT2D eigenvalue weighted by Crippen LogP contribution is 2.37. The van der Waals surface area contributed by atoms with Gasteiger partial charge in [-0.25, -0.2) is 4.98 Å². The van der Waals surface area contributed by atoms with Gasteiger partial charge in [-0.15, -0.1) is 0 Å². The van der Waals surface area contributed by atoms with Crippen molar-refractivity contribution in [3.63, 3.8) is 0 Å². The van der Waals surface area contributed by atoms with Gasteiger partial charge in [-0.1, -0.05) is 30.1 Å². The van der Waals surface area contributed by atoms with Gasteiger partial charge in [0, 0.05) is 61.2 Å². The summed E-state index contributed by atoms with van der Waals surface area (Å²) in [5, 5.41) is 10.1. The third-order valence-electron chi connectivity index (χ3n) is 7.72. The molecule has 1 unspecified atom stereocenters. The Morgan fingerprint density at radius 2 is 2.00 bits per heavy atom. The minimum atomic E-state index is -0.0832. The Balaban J connectivity index is 1.38. The second-order valence-electron chi connectivity index (χ2n) is 9.78. The van der Waals surface area contributed by atoms with Crippen molar-refractivity contribution < 1.29 is 9.53 Å². The Labute approximate surface area is 210 Å². The first-order valence-electron chi connectivity index (χ1n) is 11.9. The molecule has 2 aromatic heterocycles. The van der Waals surface area contributed by atoms with Crippen LogP contribution in [0.3, 0.4) is 0 Å². The van der Waals surface area contributed by atoms with Gasteiger partial charge in [-0.2, -0.15) is 5.26 Å². The van der Waals surface area contributed by atoms with Crippen LogP contribution >= 0.6 is 23.2 Å². The summed E-state index contributed by atoms with van der Waals surface area (Å²) in [6, 6.07) is 4.45. The van der Waals surface area contributed by atoms with Crippen molar-refractivity contribution in [3.05, 3.63) is 56.1 Å². The molecule has 6 nitrogen and oxygen atoms in total. The van der Waals surface area contributed by atoms with Gasteiger partial charge in [0.05, 0.1) is 29.9 Å². The highest BCUT2D eigenvalue weighted by molar-refractivity contribution is 6.37. The second kappa shape index (κ2) is 9.37. The molecule has 5 rings (SSSR count). The summed E-state index contributed by atoms with van der Waals surface area (Å²) in [6.07, 6.45) is 6.65. The van der Waals surface area contributed by atoms with E-state index in [-0.39, 0.29) is 11.8 Å². The van der Waals surface area contributed by atoms with Crippen molar-refractivity contribution in [3.8, 4) is 6.07 Å². The van der Waals surface area contributed by atoms with Gasteiger partial charge in [0.1, 0.15) is 5.15 Å². The number of amides is 1. The highest BCUT2D eigenvalue weighted by Gasteiger charge is 2.33. The molecule has 1 aliphatic carbocycles. The van der Waals surface area contributed by atoms with E-state index in [1.54, 1.807) is 0 Å². The minimum Gasteiger partial charge on any atom is -0.381 e. The molecule has 3 aliphatic rings. The van der Waals surface area contributed by atoms with E-state index in [0.717, 1.165) is 62.5 Å². The number of ether oxygens (including phenoxy) is 1. The molecule has 0 bridgehead atoms. The van der Waals surface area contributed by atoms with Crippen LogP contribution in [0.5, 0.6) is 0 Å². The summed E-state index contributed by atoms with van der Waals surface area (Å²) < 4.78 is 7.42. The molecule has 2 aromatic rings. The minimum absolute atomic E-state index is 0.0832. The predicted octanol–water partition coefficient (Wildman–Crippen LogP) is 5.23. The standard InChI is InChI=1S/C26H28Cl2N4O2/c1-15-7-16(11-29)8-23-20(15)9-19(31(23)2)10-21-24(27)22(12-30-25(21)28)26(33)32-5-3-17(4-6-32)18-13-34-14-18/h8-9,12,15,17-18H,3-7,10,13-14H2,1-2H3. The van der Waals surface area contributed by atoms with Crippen LogP contribution in [0.15, 0.2) is 17.8 Å². The van der Waals surface area contributed by atoms with E-state index in [4.69, 9.17) is 27.9 Å². The van der Waals surface area contributed by atoms with E-state index in [2.05, 4.69) is 28.6 Å². The molecule has 1 amide bonds. The molecule has 2 aliphatic heterocycles. The fourth-order valence-electron chi connectivity index (χ4n) is 5.44. The zero-order chi connectivity index (χ0) is 24.0. The van der Waals surface area contributed by atoms with Crippen LogP contribution in [0.2, 0.25) is 10.2 Å². The maximum atomic E-state index is 13.3. The number of piperidine rings is 1. The Morgan fingerprint density at radius 1 is 1.26 bits per heavy atom. The van der Waals surface area contributed by atoms with E-state index in [0.29, 0.717) is 39.6 Å². The lowest BCUT2D eigenvalue weighted by atomic mass is 9.83. The van der Waals surface area contributed by atoms with Gasteiger partial charge >= 0.3 is 0 Å². The van der Waals surface area contributed by atoms with Crippen molar-refractivity contribution in [1.82, 2.24) is 14.5 Å². The molecular formula is C26H28Cl2N4O2. The highest BCUT2D eigenvalue weighted by atomic mass is 35.5. The van der Waals surface area contributed by atoms with E-state index in [9.17, 15) is 10.1 Å². The first kappa shape index (κ1) is 23.4. The van der Waals surface area contributed by atoms with Crippen LogP contribution in [0.25, 0.3) is 6.08 Å². The average molecular weight is 499 g/mol. The lowest BCUT2D eigenvalue weighted by Crippen LogP contribution is -2.44. The van der Waals surface area contributed by atoms with Crippen LogP contribution in [-0.4, -0.2) is 46.7 Å². The molecule has 0 N–H and O–H groups in total. The van der Waals surface area contributed by atoms with Crippen LogP contribution in [0.1, 0.15) is 65.0 Å². The van der Waals surface area contributed by atoms with Crippen molar-refractivity contribution >= 4 is 35.2 Å². The maximum Gasteiger partial charge on any atom is 0.256 e. The SMILES string of the molecule is CC1CC(C#N)=Cc2c1cc(Cc1c(Cl)ncc(C(=O)N3CCC(C4COC4)CC3)c1Cl)n2C. The van der Waals surface area contributed by atoms with E-state index in [1.807, 2.05) is 18.0 Å². The Bertz CT molecular complexity index is 1200. The zero-order valence-corrected chi connectivity index (χ0v) is 21.0. The molecule has 1 atom stereocenters. The summed E-state index contributed by atoms with van der Waals surface area (Å²) in [4.78, 5) is 19.5. The number of aromatic nitrogens is 2. The molecule has 2 fully saturated rings. The summed E-state index contributed by atoms with van der Waals surface area (Å²) in [6.45, 7) is 5.29. The van der Waals surface area contributed by atoms with Crippen LogP contribution in [0.4, 0.5) is 0 Å². The van der Waals surface area contributed by atoms with E-state index >= 15 is 0 Å². The number of hydrogen-bond donors (Lipinski definition) is 0. The number of fused-ring (bicyclic) bond motifs is 1. The normalized spacial score (nSPS) is 21.0. The fraction of sp³-hybridized carbons (Fsp3) is 0.500. The predicted molar refractivity (Wildman–Crippen MR) is 132 cm³/mol. The number of hydrogen-bond acceptors (Lipinski definition) is 4. The summed E-state index contributed by atoms with van der Waals surface area (Å²) in [5.74, 6) is 1.46. The first-order valence-corrected chi connectivity index (χ1v) is 12.6. The van der Waals surface area contributed by atoms with Gasteiger partial charge in [0.15, 0.2) is 0 Å².